The van der Waals surface area contributed by atoms with E-state index >= 15 is 0 Å². The number of nitrogens with one attached hydrogen (secondary N) is 1. The molecule has 7 heteroatoms. The van der Waals surface area contributed by atoms with Crippen molar-refractivity contribution in [1.29, 1.82) is 5.26 Å². The summed E-state index contributed by atoms with van der Waals surface area (Å²) in [5.41, 5.74) is 0.267. The van der Waals surface area contributed by atoms with Crippen molar-refractivity contribution in [2.45, 2.75) is 13.3 Å². The van der Waals surface area contributed by atoms with E-state index in [1.54, 1.807) is 6.92 Å². The van der Waals surface area contributed by atoms with Crippen molar-refractivity contribution in [3.63, 3.8) is 0 Å². The lowest BCUT2D eigenvalue weighted by Crippen LogP contribution is -2.19. The molecule has 1 aromatic heterocycles. The fraction of sp³-hybridized carbons (Fsp3) is 0.273. The van der Waals surface area contributed by atoms with E-state index in [4.69, 9.17) is 16.9 Å². The number of hydrogen-bond acceptors (Lipinski definition) is 5. The Kier molecular flexibility index (Phi) is 5.08. The summed E-state index contributed by atoms with van der Waals surface area (Å²) in [6.45, 7) is 1.84. The van der Waals surface area contributed by atoms with E-state index in [9.17, 15) is 9.59 Å². The van der Waals surface area contributed by atoms with Crippen LogP contribution in [0, 0.1) is 11.3 Å². The molecule has 0 radical (unpaired) electrons. The highest BCUT2D eigenvalue weighted by atomic mass is 35.5. The van der Waals surface area contributed by atoms with Crippen molar-refractivity contribution < 1.29 is 14.3 Å². The van der Waals surface area contributed by atoms with Crippen molar-refractivity contribution in [3.05, 3.63) is 23.0 Å². The highest BCUT2D eigenvalue weighted by Crippen LogP contribution is 2.22. The zero-order chi connectivity index (χ0) is 13.5. The van der Waals surface area contributed by atoms with Gasteiger partial charge in [-0.1, -0.05) is 11.6 Å². The minimum absolute atomic E-state index is 0.00809. The molecule has 0 aliphatic carbocycles. The van der Waals surface area contributed by atoms with E-state index < -0.39 is 18.3 Å². The van der Waals surface area contributed by atoms with Gasteiger partial charge in [-0.2, -0.15) is 5.26 Å². The zero-order valence-electron chi connectivity index (χ0n) is 9.57. The molecule has 18 heavy (non-hydrogen) atoms. The van der Waals surface area contributed by atoms with Gasteiger partial charge >= 0.3 is 5.97 Å². The first-order valence-corrected chi connectivity index (χ1v) is 5.46. The van der Waals surface area contributed by atoms with Gasteiger partial charge in [0.1, 0.15) is 12.5 Å². The van der Waals surface area contributed by atoms with Crippen LogP contribution in [0.1, 0.15) is 18.9 Å². The molecule has 0 atom stereocenters. The average Bonchev–Trinajstić information content (AvgIpc) is 2.31. The summed E-state index contributed by atoms with van der Waals surface area (Å²) in [5, 5.41) is 11.2. The van der Waals surface area contributed by atoms with Crippen molar-refractivity contribution in [2.75, 3.05) is 11.9 Å². The van der Waals surface area contributed by atoms with Crippen LogP contribution in [0.4, 0.5) is 5.69 Å². The van der Waals surface area contributed by atoms with Gasteiger partial charge in [0.15, 0.2) is 5.15 Å². The van der Waals surface area contributed by atoms with Gasteiger partial charge in [0, 0.05) is 6.20 Å². The summed E-state index contributed by atoms with van der Waals surface area (Å²) in [6.07, 6.45) is 0.909. The molecule has 1 heterocycles. The minimum atomic E-state index is -0.645. The van der Waals surface area contributed by atoms with Crippen LogP contribution < -0.4 is 5.32 Å². The quantitative estimate of drug-likeness (QED) is 0.507. The number of hydrogen-bond donors (Lipinski definition) is 1. The van der Waals surface area contributed by atoms with E-state index in [-0.39, 0.29) is 23.0 Å². The second-order valence-electron chi connectivity index (χ2n) is 3.17. The predicted octanol–water partition coefficient (Wildman–Crippen LogP) is 1.50. The number of pyridine rings is 1. The third-order valence-corrected chi connectivity index (χ3v) is 2.19. The van der Waals surface area contributed by atoms with Crippen molar-refractivity contribution >= 4 is 29.2 Å². The van der Waals surface area contributed by atoms with Gasteiger partial charge in [0.25, 0.3) is 0 Å². The van der Waals surface area contributed by atoms with Crippen LogP contribution in [0.2, 0.25) is 5.15 Å². The lowest BCUT2D eigenvalue weighted by atomic mass is 10.2. The largest absolute Gasteiger partial charge is 0.466 e. The summed E-state index contributed by atoms with van der Waals surface area (Å²) >= 11 is 5.76. The lowest BCUT2D eigenvalue weighted by Gasteiger charge is -2.07. The van der Waals surface area contributed by atoms with E-state index in [0.29, 0.717) is 0 Å². The number of rotatable bonds is 4. The minimum Gasteiger partial charge on any atom is -0.466 e. The Hall–Kier alpha value is -2.13. The Bertz CT molecular complexity index is 511. The van der Waals surface area contributed by atoms with Crippen molar-refractivity contribution in [3.8, 4) is 6.07 Å². The van der Waals surface area contributed by atoms with E-state index in [0.717, 1.165) is 0 Å². The molecule has 0 bridgehead atoms. The van der Waals surface area contributed by atoms with Gasteiger partial charge in [0.2, 0.25) is 5.91 Å². The van der Waals surface area contributed by atoms with E-state index in [1.165, 1.54) is 12.3 Å². The zero-order valence-corrected chi connectivity index (χ0v) is 10.3. The molecule has 0 aliphatic heterocycles. The Morgan fingerprint density at radius 1 is 1.61 bits per heavy atom. The highest BCUT2D eigenvalue weighted by Gasteiger charge is 2.15. The molecule has 0 aromatic carbocycles. The maximum atomic E-state index is 11.5. The van der Waals surface area contributed by atoms with Gasteiger partial charge in [0.05, 0.1) is 17.9 Å². The Morgan fingerprint density at radius 2 is 2.33 bits per heavy atom. The number of nitrogens with zero attached hydrogens (tertiary/aromatic N) is 2. The molecule has 0 saturated carbocycles. The van der Waals surface area contributed by atoms with Crippen LogP contribution in [-0.4, -0.2) is 23.5 Å². The van der Waals surface area contributed by atoms with Crippen LogP contribution in [0.15, 0.2) is 12.3 Å². The summed E-state index contributed by atoms with van der Waals surface area (Å²) in [6, 6.07) is 3.27. The number of carbonyl (C=O) groups is 2. The molecular weight excluding hydrogens is 258 g/mol. The monoisotopic (exact) mass is 267 g/mol. The smallest absolute Gasteiger partial charge is 0.315 e. The molecular formula is C11H10ClN3O3. The fourth-order valence-corrected chi connectivity index (χ4v) is 1.38. The molecule has 0 unspecified atom stereocenters. The maximum Gasteiger partial charge on any atom is 0.315 e. The SMILES string of the molecule is CCOC(=O)CC(=O)Nc1c(C#N)ccnc1Cl. The fourth-order valence-electron chi connectivity index (χ4n) is 1.18. The molecule has 1 amide bonds. The Balaban J connectivity index is 2.77. The van der Waals surface area contributed by atoms with Gasteiger partial charge in [-0.3, -0.25) is 9.59 Å². The summed E-state index contributed by atoms with van der Waals surface area (Å²) in [7, 11) is 0. The highest BCUT2D eigenvalue weighted by molar-refractivity contribution is 6.32. The second kappa shape index (κ2) is 6.57. The molecule has 1 aromatic rings. The van der Waals surface area contributed by atoms with Crippen LogP contribution in [0.3, 0.4) is 0 Å². The number of aromatic nitrogens is 1. The number of anilines is 1. The van der Waals surface area contributed by atoms with Crippen molar-refractivity contribution in [1.82, 2.24) is 4.98 Å². The summed E-state index contributed by atoms with van der Waals surface area (Å²) in [4.78, 5) is 26.3. The number of ether oxygens (including phenoxy) is 1. The third-order valence-electron chi connectivity index (χ3n) is 1.90. The third kappa shape index (κ3) is 3.71. The molecule has 0 saturated heterocycles. The first-order chi connectivity index (χ1) is 8.58. The number of esters is 1. The molecule has 6 nitrogen and oxygen atoms in total. The van der Waals surface area contributed by atoms with Gasteiger partial charge in [-0.05, 0) is 13.0 Å². The van der Waals surface area contributed by atoms with Gasteiger partial charge in [-0.25, -0.2) is 4.98 Å². The molecule has 1 N–H and O–H groups in total. The normalized spacial score (nSPS) is 9.39. The van der Waals surface area contributed by atoms with Crippen LogP contribution in [-0.2, 0) is 14.3 Å². The molecule has 1 rings (SSSR count). The Labute approximate surface area is 109 Å². The Morgan fingerprint density at radius 3 is 2.94 bits per heavy atom. The van der Waals surface area contributed by atoms with E-state index in [2.05, 4.69) is 15.0 Å². The molecule has 0 aliphatic rings. The van der Waals surface area contributed by atoms with Gasteiger partial charge in [-0.15, -0.1) is 0 Å². The standard InChI is InChI=1S/C11H10ClN3O3/c1-2-18-9(17)5-8(16)15-10-7(6-13)3-4-14-11(10)12/h3-4H,2,5H2,1H3,(H,15,16). The molecule has 94 valence electrons. The molecule has 0 spiro atoms. The average molecular weight is 268 g/mol. The first kappa shape index (κ1) is 13.9. The second-order valence-corrected chi connectivity index (χ2v) is 3.52. The first-order valence-electron chi connectivity index (χ1n) is 5.08. The maximum absolute atomic E-state index is 11.5. The number of amides is 1. The van der Waals surface area contributed by atoms with Crippen LogP contribution in [0.5, 0.6) is 0 Å². The number of nitriles is 1. The summed E-state index contributed by atoms with van der Waals surface area (Å²) in [5.74, 6) is -1.26. The predicted molar refractivity (Wildman–Crippen MR) is 63.8 cm³/mol. The molecule has 0 fully saturated rings. The lowest BCUT2D eigenvalue weighted by molar-refractivity contribution is -0.145. The summed E-state index contributed by atoms with van der Waals surface area (Å²) < 4.78 is 4.62. The van der Waals surface area contributed by atoms with Crippen molar-refractivity contribution in [2.24, 2.45) is 0 Å². The van der Waals surface area contributed by atoms with Crippen LogP contribution in [0.25, 0.3) is 0 Å². The van der Waals surface area contributed by atoms with Gasteiger partial charge < -0.3 is 10.1 Å². The van der Waals surface area contributed by atoms with Crippen LogP contribution >= 0.6 is 11.6 Å². The van der Waals surface area contributed by atoms with E-state index in [1.807, 2.05) is 6.07 Å². The topological polar surface area (TPSA) is 92.1 Å². The number of carbonyl (C=O) groups excluding carboxylic acids is 2. The number of halogens is 1.